The summed E-state index contributed by atoms with van der Waals surface area (Å²) >= 11 is 0. The lowest BCUT2D eigenvalue weighted by molar-refractivity contribution is -0.119. The van der Waals surface area contributed by atoms with Crippen LogP contribution in [0.4, 0.5) is 11.5 Å². The molecule has 1 heterocycles. The molecule has 2 amide bonds. The number of anilines is 2. The molecule has 0 atom stereocenters. The van der Waals surface area contributed by atoms with Gasteiger partial charge in [0.15, 0.2) is 0 Å². The van der Waals surface area contributed by atoms with Crippen LogP contribution in [0.2, 0.25) is 0 Å². The largest absolute Gasteiger partial charge is 0.361 e. The van der Waals surface area contributed by atoms with Gasteiger partial charge in [0.1, 0.15) is 11.4 Å². The van der Waals surface area contributed by atoms with Gasteiger partial charge in [-0.2, -0.15) is 5.10 Å². The maximum absolute atomic E-state index is 12.4. The Morgan fingerprint density at radius 2 is 1.78 bits per heavy atom. The molecule has 0 unspecified atom stereocenters. The number of carbonyl (C=O) groups excluding carboxylic acids is 2. The molecule has 4 N–H and O–H groups in total. The summed E-state index contributed by atoms with van der Waals surface area (Å²) in [5, 5.41) is 15.1. The summed E-state index contributed by atoms with van der Waals surface area (Å²) < 4.78 is 0. The molecule has 0 saturated heterocycles. The summed E-state index contributed by atoms with van der Waals surface area (Å²) in [5.41, 5.74) is 3.16. The second-order valence-corrected chi connectivity index (χ2v) is 6.09. The number of carbonyl (C=O) groups is 2. The van der Waals surface area contributed by atoms with Crippen LogP contribution in [0.5, 0.6) is 0 Å². The van der Waals surface area contributed by atoms with Crippen LogP contribution in [0.15, 0.2) is 60.8 Å². The number of nitrogens with zero attached hydrogens (tertiary/aromatic N) is 1. The lowest BCUT2D eigenvalue weighted by Gasteiger charge is -2.09. The number of aromatic nitrogens is 2. The molecule has 0 aliphatic carbocycles. The van der Waals surface area contributed by atoms with Gasteiger partial charge in [-0.1, -0.05) is 48.0 Å². The van der Waals surface area contributed by atoms with E-state index in [1.807, 2.05) is 61.5 Å². The second-order valence-electron chi connectivity index (χ2n) is 6.09. The fourth-order valence-electron chi connectivity index (χ4n) is 2.46. The zero-order valence-electron chi connectivity index (χ0n) is 15.0. The summed E-state index contributed by atoms with van der Waals surface area (Å²) in [6, 6.07) is 17.1. The smallest absolute Gasteiger partial charge is 0.261 e. The highest BCUT2D eigenvalue weighted by Gasteiger charge is 2.14. The van der Waals surface area contributed by atoms with Gasteiger partial charge in [-0.3, -0.25) is 14.7 Å². The first-order chi connectivity index (χ1) is 13.1. The Bertz CT molecular complexity index is 904. The molecule has 3 aromatic rings. The Labute approximate surface area is 157 Å². The van der Waals surface area contributed by atoms with Crippen LogP contribution in [0.3, 0.4) is 0 Å². The van der Waals surface area contributed by atoms with Gasteiger partial charge in [-0.05, 0) is 24.6 Å². The van der Waals surface area contributed by atoms with E-state index in [9.17, 15) is 9.59 Å². The van der Waals surface area contributed by atoms with Gasteiger partial charge >= 0.3 is 0 Å². The molecule has 0 aliphatic heterocycles. The molecule has 7 nitrogen and oxygen atoms in total. The normalized spacial score (nSPS) is 10.3. The molecule has 0 spiro atoms. The Morgan fingerprint density at radius 1 is 1.04 bits per heavy atom. The van der Waals surface area contributed by atoms with Crippen molar-refractivity contribution in [1.82, 2.24) is 15.5 Å². The molecule has 0 radical (unpaired) electrons. The maximum atomic E-state index is 12.4. The minimum Gasteiger partial charge on any atom is -0.361 e. The monoisotopic (exact) mass is 363 g/mol. The van der Waals surface area contributed by atoms with Crippen molar-refractivity contribution in [3.8, 4) is 0 Å². The molecule has 2 aromatic carbocycles. The molecular weight excluding hydrogens is 342 g/mol. The van der Waals surface area contributed by atoms with Crippen molar-refractivity contribution in [3.63, 3.8) is 0 Å². The van der Waals surface area contributed by atoms with Crippen molar-refractivity contribution in [2.24, 2.45) is 0 Å². The number of aromatic amines is 1. The van der Waals surface area contributed by atoms with E-state index in [0.29, 0.717) is 23.6 Å². The van der Waals surface area contributed by atoms with E-state index in [0.717, 1.165) is 11.1 Å². The Hall–Kier alpha value is -3.61. The van der Waals surface area contributed by atoms with Crippen LogP contribution in [0.1, 0.15) is 21.5 Å². The van der Waals surface area contributed by atoms with E-state index in [1.54, 1.807) is 0 Å². The topological polar surface area (TPSA) is 98.9 Å². The minimum absolute atomic E-state index is 0.0276. The number of benzene rings is 2. The molecule has 27 heavy (non-hydrogen) atoms. The highest BCUT2D eigenvalue weighted by Crippen LogP contribution is 2.15. The van der Waals surface area contributed by atoms with Gasteiger partial charge in [0.2, 0.25) is 5.91 Å². The van der Waals surface area contributed by atoms with Gasteiger partial charge < -0.3 is 16.0 Å². The van der Waals surface area contributed by atoms with Crippen molar-refractivity contribution in [2.75, 3.05) is 17.2 Å². The highest BCUT2D eigenvalue weighted by atomic mass is 16.2. The lowest BCUT2D eigenvalue weighted by Crippen LogP contribution is -2.30. The van der Waals surface area contributed by atoms with Crippen LogP contribution in [-0.4, -0.2) is 28.6 Å². The van der Waals surface area contributed by atoms with Gasteiger partial charge in [0, 0.05) is 12.2 Å². The van der Waals surface area contributed by atoms with E-state index >= 15 is 0 Å². The summed E-state index contributed by atoms with van der Waals surface area (Å²) in [7, 11) is 0. The van der Waals surface area contributed by atoms with Crippen molar-refractivity contribution in [3.05, 3.63) is 77.5 Å². The molecule has 7 heteroatoms. The SMILES string of the molecule is Cc1ccc(NC(=O)c2cn[nH]c2NCC(=O)NCc2ccccc2)cc1. The number of hydrogen-bond acceptors (Lipinski definition) is 4. The van der Waals surface area contributed by atoms with Crippen LogP contribution in [-0.2, 0) is 11.3 Å². The zero-order chi connectivity index (χ0) is 19.1. The first kappa shape index (κ1) is 18.2. The Kier molecular flexibility index (Phi) is 5.84. The number of hydrogen-bond donors (Lipinski definition) is 4. The zero-order valence-corrected chi connectivity index (χ0v) is 15.0. The number of amides is 2. The van der Waals surface area contributed by atoms with Crippen LogP contribution in [0.25, 0.3) is 0 Å². The van der Waals surface area contributed by atoms with E-state index in [1.165, 1.54) is 6.20 Å². The second kappa shape index (κ2) is 8.66. The standard InChI is InChI=1S/C20H21N5O2/c1-14-7-9-16(10-8-14)24-20(27)17-12-23-25-19(17)22-13-18(26)21-11-15-5-3-2-4-6-15/h2-10,12H,11,13H2,1H3,(H,21,26)(H,24,27)(H2,22,23,25). The molecule has 138 valence electrons. The quantitative estimate of drug-likeness (QED) is 0.519. The molecule has 0 bridgehead atoms. The van der Waals surface area contributed by atoms with E-state index in [4.69, 9.17) is 0 Å². The highest BCUT2D eigenvalue weighted by molar-refractivity contribution is 6.07. The van der Waals surface area contributed by atoms with Crippen molar-refractivity contribution in [1.29, 1.82) is 0 Å². The summed E-state index contributed by atoms with van der Waals surface area (Å²) in [5.74, 6) is -0.0902. The molecule has 0 fully saturated rings. The molecule has 0 aliphatic rings. The Morgan fingerprint density at radius 3 is 2.52 bits per heavy atom. The predicted octanol–water partition coefficient (Wildman–Crippen LogP) is 2.70. The van der Waals surface area contributed by atoms with Gasteiger partial charge in [-0.15, -0.1) is 0 Å². The number of nitrogens with one attached hydrogen (secondary N) is 4. The molecule has 0 saturated carbocycles. The predicted molar refractivity (Wildman–Crippen MR) is 104 cm³/mol. The molecular formula is C20H21N5O2. The third kappa shape index (κ3) is 5.18. The lowest BCUT2D eigenvalue weighted by atomic mass is 10.2. The van der Waals surface area contributed by atoms with Gasteiger partial charge in [-0.25, -0.2) is 0 Å². The fourth-order valence-corrected chi connectivity index (χ4v) is 2.46. The van der Waals surface area contributed by atoms with Crippen molar-refractivity contribution < 1.29 is 9.59 Å². The van der Waals surface area contributed by atoms with E-state index in [-0.39, 0.29) is 18.4 Å². The summed E-state index contributed by atoms with van der Waals surface area (Å²) in [4.78, 5) is 24.4. The van der Waals surface area contributed by atoms with E-state index in [2.05, 4.69) is 26.1 Å². The Balaban J connectivity index is 1.52. The first-order valence-corrected chi connectivity index (χ1v) is 8.57. The third-order valence-electron chi connectivity index (χ3n) is 3.95. The summed E-state index contributed by atoms with van der Waals surface area (Å²) in [6.45, 7) is 2.46. The maximum Gasteiger partial charge on any atom is 0.261 e. The number of rotatable bonds is 7. The van der Waals surface area contributed by atoms with E-state index < -0.39 is 0 Å². The van der Waals surface area contributed by atoms with Crippen LogP contribution in [0, 0.1) is 6.92 Å². The van der Waals surface area contributed by atoms with Crippen LogP contribution >= 0.6 is 0 Å². The molecule has 1 aromatic heterocycles. The van der Waals surface area contributed by atoms with Crippen molar-refractivity contribution in [2.45, 2.75) is 13.5 Å². The average Bonchev–Trinajstić information content (AvgIpc) is 3.16. The molecule has 3 rings (SSSR count). The van der Waals surface area contributed by atoms with Crippen molar-refractivity contribution >= 4 is 23.3 Å². The number of aryl methyl sites for hydroxylation is 1. The van der Waals surface area contributed by atoms with Gasteiger partial charge in [0.25, 0.3) is 5.91 Å². The fraction of sp³-hybridized carbons (Fsp3) is 0.150. The third-order valence-corrected chi connectivity index (χ3v) is 3.95. The number of H-pyrrole nitrogens is 1. The van der Waals surface area contributed by atoms with Crippen LogP contribution < -0.4 is 16.0 Å². The summed E-state index contributed by atoms with van der Waals surface area (Å²) in [6.07, 6.45) is 1.42. The van der Waals surface area contributed by atoms with Gasteiger partial charge in [0.05, 0.1) is 12.7 Å². The minimum atomic E-state index is -0.306. The average molecular weight is 363 g/mol. The first-order valence-electron chi connectivity index (χ1n) is 8.57.